The molecule has 0 radical (unpaired) electrons. The Hall–Kier alpha value is -1.59. The first-order valence-corrected chi connectivity index (χ1v) is 7.27. The lowest BCUT2D eigenvalue weighted by atomic mass is 10.2. The summed E-state index contributed by atoms with van der Waals surface area (Å²) in [5.41, 5.74) is 6.11. The van der Waals surface area contributed by atoms with Gasteiger partial charge in [0.1, 0.15) is 11.6 Å². The number of thioether (sulfide) groups is 1. The van der Waals surface area contributed by atoms with Gasteiger partial charge < -0.3 is 5.43 Å². The Morgan fingerprint density at radius 3 is 2.74 bits per heavy atom. The van der Waals surface area contributed by atoms with Crippen molar-refractivity contribution in [3.05, 3.63) is 53.0 Å². The van der Waals surface area contributed by atoms with Gasteiger partial charge in [-0.25, -0.2) is 15.8 Å². The van der Waals surface area contributed by atoms with E-state index in [-0.39, 0.29) is 0 Å². The van der Waals surface area contributed by atoms with Gasteiger partial charge >= 0.3 is 0 Å². The van der Waals surface area contributed by atoms with Gasteiger partial charge in [0.05, 0.1) is 5.75 Å². The highest BCUT2D eigenvalue weighted by Gasteiger charge is 2.02. The van der Waals surface area contributed by atoms with Crippen LogP contribution in [0.25, 0.3) is 0 Å². The third kappa shape index (κ3) is 4.22. The smallest absolute Gasteiger partial charge is 0.143 e. The fraction of sp³-hybridized carbons (Fsp3) is 0.286. The second-order valence-electron chi connectivity index (χ2n) is 4.44. The molecule has 0 saturated heterocycles. The molecule has 100 valence electrons. The normalized spacial score (nSPS) is 10.5. The van der Waals surface area contributed by atoms with E-state index < -0.39 is 0 Å². The number of hydrogen-bond donors (Lipinski definition) is 2. The molecule has 0 amide bonds. The van der Waals surface area contributed by atoms with E-state index >= 15 is 0 Å². The Kier molecular flexibility index (Phi) is 4.76. The van der Waals surface area contributed by atoms with E-state index in [2.05, 4.69) is 46.6 Å². The van der Waals surface area contributed by atoms with Crippen molar-refractivity contribution in [3.8, 4) is 0 Å². The maximum absolute atomic E-state index is 5.38. The van der Waals surface area contributed by atoms with Crippen molar-refractivity contribution < 1.29 is 0 Å². The summed E-state index contributed by atoms with van der Waals surface area (Å²) >= 11 is 1.80. The summed E-state index contributed by atoms with van der Waals surface area (Å²) in [6.45, 7) is 4.05. The minimum atomic E-state index is 0.665. The molecule has 0 aliphatic heterocycles. The molecule has 0 saturated carbocycles. The zero-order valence-corrected chi connectivity index (χ0v) is 12.0. The molecule has 0 bridgehead atoms. The summed E-state index contributed by atoms with van der Waals surface area (Å²) in [5.74, 6) is 8.60. The number of benzene rings is 1. The van der Waals surface area contributed by atoms with Gasteiger partial charge in [-0.1, -0.05) is 29.8 Å². The van der Waals surface area contributed by atoms with Crippen LogP contribution in [-0.4, -0.2) is 9.97 Å². The highest BCUT2D eigenvalue weighted by atomic mass is 32.2. The van der Waals surface area contributed by atoms with Crippen molar-refractivity contribution in [2.24, 2.45) is 5.84 Å². The molecule has 5 heteroatoms. The van der Waals surface area contributed by atoms with Gasteiger partial charge in [-0.05, 0) is 19.4 Å². The predicted molar refractivity (Wildman–Crippen MR) is 80.8 cm³/mol. The third-order valence-corrected chi connectivity index (χ3v) is 3.63. The van der Waals surface area contributed by atoms with E-state index in [0.29, 0.717) is 5.82 Å². The molecule has 0 atom stereocenters. The van der Waals surface area contributed by atoms with E-state index in [0.717, 1.165) is 23.0 Å². The number of anilines is 1. The molecule has 2 rings (SSSR count). The fourth-order valence-corrected chi connectivity index (χ4v) is 2.66. The van der Waals surface area contributed by atoms with Crippen molar-refractivity contribution >= 4 is 17.6 Å². The number of nitrogens with one attached hydrogen (secondary N) is 1. The van der Waals surface area contributed by atoms with Gasteiger partial charge in [-0.2, -0.15) is 0 Å². The highest BCUT2D eigenvalue weighted by molar-refractivity contribution is 7.97. The molecule has 0 aliphatic rings. The summed E-state index contributed by atoms with van der Waals surface area (Å²) in [6.07, 6.45) is 0. The number of aryl methyl sites for hydroxylation is 2. The number of nitrogens with two attached hydrogens (primary N) is 1. The van der Waals surface area contributed by atoms with Gasteiger partial charge in [-0.3, -0.25) is 0 Å². The minimum Gasteiger partial charge on any atom is -0.308 e. The van der Waals surface area contributed by atoms with E-state index in [4.69, 9.17) is 5.84 Å². The van der Waals surface area contributed by atoms with Gasteiger partial charge in [0.2, 0.25) is 0 Å². The van der Waals surface area contributed by atoms with Crippen LogP contribution in [-0.2, 0) is 11.5 Å². The van der Waals surface area contributed by atoms with Crippen LogP contribution < -0.4 is 11.3 Å². The Morgan fingerprint density at radius 1 is 1.16 bits per heavy atom. The average Bonchev–Trinajstić information content (AvgIpc) is 2.38. The zero-order valence-electron chi connectivity index (χ0n) is 11.2. The second-order valence-corrected chi connectivity index (χ2v) is 5.42. The molecule has 3 N–H and O–H groups in total. The lowest BCUT2D eigenvalue weighted by molar-refractivity contribution is 0.990. The third-order valence-electron chi connectivity index (χ3n) is 2.63. The monoisotopic (exact) mass is 274 g/mol. The van der Waals surface area contributed by atoms with Crippen molar-refractivity contribution in [1.82, 2.24) is 9.97 Å². The highest BCUT2D eigenvalue weighted by Crippen LogP contribution is 2.17. The molecule has 1 aromatic heterocycles. The number of nitrogen functional groups attached to an aromatic ring is 1. The maximum atomic E-state index is 5.38. The second kappa shape index (κ2) is 6.54. The van der Waals surface area contributed by atoms with Crippen LogP contribution in [0.5, 0.6) is 0 Å². The van der Waals surface area contributed by atoms with Crippen LogP contribution >= 0.6 is 11.8 Å². The average molecular weight is 274 g/mol. The Morgan fingerprint density at radius 2 is 2.00 bits per heavy atom. The summed E-state index contributed by atoms with van der Waals surface area (Å²) in [6, 6.07) is 10.4. The van der Waals surface area contributed by atoms with Gasteiger partial charge in [0.15, 0.2) is 0 Å². The molecule has 1 aromatic carbocycles. The molecule has 19 heavy (non-hydrogen) atoms. The first-order valence-electron chi connectivity index (χ1n) is 6.12. The van der Waals surface area contributed by atoms with Crippen LogP contribution in [0.3, 0.4) is 0 Å². The van der Waals surface area contributed by atoms with Gasteiger partial charge in [-0.15, -0.1) is 11.8 Å². The molecule has 0 fully saturated rings. The summed E-state index contributed by atoms with van der Waals surface area (Å²) in [7, 11) is 0. The topological polar surface area (TPSA) is 63.8 Å². The molecule has 1 heterocycles. The van der Waals surface area contributed by atoms with Crippen molar-refractivity contribution in [3.63, 3.8) is 0 Å². The van der Waals surface area contributed by atoms with Crippen molar-refractivity contribution in [1.29, 1.82) is 0 Å². The van der Waals surface area contributed by atoms with Crippen LogP contribution in [0.1, 0.15) is 22.6 Å². The SMILES string of the molecule is Cc1cccc(CSCc2nc(C)cc(NN)n2)c1. The van der Waals surface area contributed by atoms with E-state index in [9.17, 15) is 0 Å². The van der Waals surface area contributed by atoms with E-state index in [1.807, 2.05) is 13.0 Å². The van der Waals surface area contributed by atoms with Crippen molar-refractivity contribution in [2.75, 3.05) is 5.43 Å². The standard InChI is InChI=1S/C14H18N4S/c1-10-4-3-5-12(6-10)8-19-9-14-16-11(2)7-13(17-14)18-15/h3-7H,8-9,15H2,1-2H3,(H,16,17,18). The van der Waals surface area contributed by atoms with Crippen LogP contribution in [0.4, 0.5) is 5.82 Å². The number of aromatic nitrogens is 2. The molecular formula is C14H18N4S. The Labute approximate surface area is 117 Å². The number of nitrogens with zero attached hydrogens (tertiary/aromatic N) is 2. The largest absolute Gasteiger partial charge is 0.308 e. The molecule has 0 aliphatic carbocycles. The number of hydrazine groups is 1. The summed E-state index contributed by atoms with van der Waals surface area (Å²) < 4.78 is 0. The maximum Gasteiger partial charge on any atom is 0.143 e. The lowest BCUT2D eigenvalue weighted by Gasteiger charge is -2.06. The summed E-state index contributed by atoms with van der Waals surface area (Å²) in [4.78, 5) is 8.74. The van der Waals surface area contributed by atoms with E-state index in [1.54, 1.807) is 11.8 Å². The molecule has 0 spiro atoms. The lowest BCUT2D eigenvalue weighted by Crippen LogP contribution is -2.10. The van der Waals surface area contributed by atoms with Crippen molar-refractivity contribution in [2.45, 2.75) is 25.4 Å². The minimum absolute atomic E-state index is 0.665. The van der Waals surface area contributed by atoms with Gasteiger partial charge in [0.25, 0.3) is 0 Å². The quantitative estimate of drug-likeness (QED) is 0.648. The summed E-state index contributed by atoms with van der Waals surface area (Å²) in [5, 5.41) is 0. The number of rotatable bonds is 5. The fourth-order valence-electron chi connectivity index (χ4n) is 1.83. The first kappa shape index (κ1) is 13.8. The Bertz CT molecular complexity index is 557. The first-order chi connectivity index (χ1) is 9.17. The molecule has 4 nitrogen and oxygen atoms in total. The molecular weight excluding hydrogens is 256 g/mol. The molecule has 0 unspecified atom stereocenters. The number of hydrogen-bond acceptors (Lipinski definition) is 5. The van der Waals surface area contributed by atoms with E-state index in [1.165, 1.54) is 11.1 Å². The van der Waals surface area contributed by atoms with Gasteiger partial charge in [0, 0.05) is 17.5 Å². The Balaban J connectivity index is 1.94. The van der Waals surface area contributed by atoms with Crippen LogP contribution in [0, 0.1) is 13.8 Å². The van der Waals surface area contributed by atoms with Crippen LogP contribution in [0.2, 0.25) is 0 Å². The molecule has 2 aromatic rings. The van der Waals surface area contributed by atoms with Crippen LogP contribution in [0.15, 0.2) is 30.3 Å². The predicted octanol–water partition coefficient (Wildman–Crippen LogP) is 2.81. The zero-order chi connectivity index (χ0) is 13.7.